The van der Waals surface area contributed by atoms with Crippen LogP contribution in [0.5, 0.6) is 11.5 Å². The van der Waals surface area contributed by atoms with Crippen molar-refractivity contribution in [1.29, 1.82) is 0 Å². The van der Waals surface area contributed by atoms with Gasteiger partial charge >= 0.3 is 0 Å². The zero-order valence-corrected chi connectivity index (χ0v) is 18.0. The van der Waals surface area contributed by atoms with Crippen molar-refractivity contribution in [2.45, 2.75) is 46.1 Å². The van der Waals surface area contributed by atoms with Crippen LogP contribution >= 0.6 is 0 Å². The van der Waals surface area contributed by atoms with Gasteiger partial charge in [0.1, 0.15) is 6.61 Å². The molecule has 0 radical (unpaired) electrons. The molecule has 0 aliphatic heterocycles. The van der Waals surface area contributed by atoms with Crippen LogP contribution in [0.3, 0.4) is 0 Å². The summed E-state index contributed by atoms with van der Waals surface area (Å²) < 4.78 is 11.8. The standard InChI is InChI=1S/C25H29N3O2/c1-15-8-19-21(9-15)28-22-11-24(30-14-18-5-4-16(2)26-13-18)23(29-3)10-20(22)25(19)27-12-17-6-7-17/h4-5,10-11,13,15,17H,6-9,12,14H2,1-3H3,(H,27,28). The number of nitrogens with one attached hydrogen (secondary N) is 1. The number of anilines is 1. The molecule has 0 bridgehead atoms. The van der Waals surface area contributed by atoms with E-state index >= 15 is 0 Å². The smallest absolute Gasteiger partial charge is 0.163 e. The van der Waals surface area contributed by atoms with Crippen molar-refractivity contribution in [3.8, 4) is 11.5 Å². The Balaban J connectivity index is 1.51. The molecule has 5 heteroatoms. The Morgan fingerprint density at radius 3 is 2.73 bits per heavy atom. The van der Waals surface area contributed by atoms with E-state index in [1.807, 2.05) is 31.3 Å². The van der Waals surface area contributed by atoms with Gasteiger partial charge in [0, 0.05) is 46.8 Å². The molecule has 2 heterocycles. The average Bonchev–Trinajstić information content (AvgIpc) is 3.50. The van der Waals surface area contributed by atoms with Crippen molar-refractivity contribution < 1.29 is 9.47 Å². The molecule has 1 fully saturated rings. The first kappa shape index (κ1) is 19.2. The minimum absolute atomic E-state index is 0.448. The van der Waals surface area contributed by atoms with Crippen LogP contribution in [0.4, 0.5) is 5.69 Å². The molecule has 5 nitrogen and oxygen atoms in total. The van der Waals surface area contributed by atoms with Crippen LogP contribution in [0.25, 0.3) is 10.9 Å². The van der Waals surface area contributed by atoms with Crippen LogP contribution in [-0.4, -0.2) is 23.6 Å². The van der Waals surface area contributed by atoms with E-state index < -0.39 is 0 Å². The Bertz CT molecular complexity index is 1070. The SMILES string of the molecule is COc1cc2c(NCC3CC3)c3c(nc2cc1OCc1ccc(C)nc1)CC(C)C3. The van der Waals surface area contributed by atoms with Crippen LogP contribution in [0.1, 0.15) is 42.3 Å². The lowest BCUT2D eigenvalue weighted by molar-refractivity contribution is 0.284. The summed E-state index contributed by atoms with van der Waals surface area (Å²) in [6, 6.07) is 8.16. The molecule has 0 saturated heterocycles. The number of aromatic nitrogens is 2. The first-order valence-electron chi connectivity index (χ1n) is 10.9. The van der Waals surface area contributed by atoms with Gasteiger partial charge in [-0.25, -0.2) is 0 Å². The van der Waals surface area contributed by atoms with E-state index in [-0.39, 0.29) is 0 Å². The summed E-state index contributed by atoms with van der Waals surface area (Å²) in [7, 11) is 1.70. The maximum Gasteiger partial charge on any atom is 0.163 e. The van der Waals surface area contributed by atoms with Crippen molar-refractivity contribution in [2.75, 3.05) is 19.0 Å². The Hall–Kier alpha value is -2.82. The van der Waals surface area contributed by atoms with Gasteiger partial charge in [-0.2, -0.15) is 0 Å². The highest BCUT2D eigenvalue weighted by molar-refractivity contribution is 5.96. The Kier molecular flexibility index (Phi) is 4.97. The second-order valence-electron chi connectivity index (χ2n) is 8.87. The number of fused-ring (bicyclic) bond motifs is 2. The number of methoxy groups -OCH3 is 1. The molecular formula is C25H29N3O2. The van der Waals surface area contributed by atoms with E-state index in [0.717, 1.165) is 59.0 Å². The van der Waals surface area contributed by atoms with Gasteiger partial charge in [-0.1, -0.05) is 13.0 Å². The number of rotatable bonds is 7. The molecule has 1 saturated carbocycles. The minimum atomic E-state index is 0.448. The first-order valence-corrected chi connectivity index (χ1v) is 10.9. The van der Waals surface area contributed by atoms with Crippen molar-refractivity contribution in [1.82, 2.24) is 9.97 Å². The maximum atomic E-state index is 6.13. The molecule has 0 spiro atoms. The molecule has 156 valence electrons. The third-order valence-electron chi connectivity index (χ3n) is 6.18. The minimum Gasteiger partial charge on any atom is -0.493 e. The molecule has 2 aromatic heterocycles. The van der Waals surface area contributed by atoms with Crippen LogP contribution in [0.15, 0.2) is 30.5 Å². The quantitative estimate of drug-likeness (QED) is 0.596. The van der Waals surface area contributed by atoms with Gasteiger partial charge in [0.25, 0.3) is 0 Å². The van der Waals surface area contributed by atoms with Crippen molar-refractivity contribution in [2.24, 2.45) is 11.8 Å². The van der Waals surface area contributed by atoms with Crippen LogP contribution in [0, 0.1) is 18.8 Å². The number of aryl methyl sites for hydroxylation is 1. The van der Waals surface area contributed by atoms with E-state index in [0.29, 0.717) is 12.5 Å². The fraction of sp³-hybridized carbons (Fsp3) is 0.440. The number of benzene rings is 1. The summed E-state index contributed by atoms with van der Waals surface area (Å²) in [5, 5.41) is 4.89. The molecule has 2 aliphatic carbocycles. The van der Waals surface area contributed by atoms with E-state index in [4.69, 9.17) is 14.5 Å². The predicted molar refractivity (Wildman–Crippen MR) is 119 cm³/mol. The topological polar surface area (TPSA) is 56.3 Å². The predicted octanol–water partition coefficient (Wildman–Crippen LogP) is 5.08. The molecular weight excluding hydrogens is 374 g/mol. The highest BCUT2D eigenvalue weighted by Crippen LogP contribution is 2.41. The molecule has 1 aromatic carbocycles. The third-order valence-corrected chi connectivity index (χ3v) is 6.18. The maximum absolute atomic E-state index is 6.13. The summed E-state index contributed by atoms with van der Waals surface area (Å²) in [6.45, 7) is 5.78. The van der Waals surface area contributed by atoms with Gasteiger partial charge in [-0.15, -0.1) is 0 Å². The normalized spacial score (nSPS) is 17.8. The fourth-order valence-corrected chi connectivity index (χ4v) is 4.29. The van der Waals surface area contributed by atoms with Crippen LogP contribution < -0.4 is 14.8 Å². The molecule has 1 N–H and O–H groups in total. The average molecular weight is 404 g/mol. The van der Waals surface area contributed by atoms with Gasteiger partial charge in [0.15, 0.2) is 11.5 Å². The number of hydrogen-bond acceptors (Lipinski definition) is 5. The highest BCUT2D eigenvalue weighted by atomic mass is 16.5. The van der Waals surface area contributed by atoms with E-state index in [1.54, 1.807) is 7.11 Å². The lowest BCUT2D eigenvalue weighted by Gasteiger charge is -2.17. The molecule has 2 aliphatic rings. The lowest BCUT2D eigenvalue weighted by Crippen LogP contribution is -2.08. The van der Waals surface area contributed by atoms with Gasteiger partial charge in [0.2, 0.25) is 0 Å². The van der Waals surface area contributed by atoms with Crippen molar-refractivity contribution in [3.05, 3.63) is 53.0 Å². The van der Waals surface area contributed by atoms with Gasteiger partial charge in [-0.3, -0.25) is 9.97 Å². The number of nitrogens with zero attached hydrogens (tertiary/aromatic N) is 2. The van der Waals surface area contributed by atoms with Gasteiger partial charge in [0.05, 0.1) is 12.6 Å². The van der Waals surface area contributed by atoms with E-state index in [2.05, 4.69) is 23.3 Å². The third kappa shape index (κ3) is 3.81. The first-order chi connectivity index (χ1) is 14.6. The molecule has 3 aromatic rings. The number of hydrogen-bond donors (Lipinski definition) is 1. The Morgan fingerprint density at radius 2 is 2.00 bits per heavy atom. The molecule has 1 unspecified atom stereocenters. The summed E-state index contributed by atoms with van der Waals surface area (Å²) in [6.07, 6.45) is 6.66. The van der Waals surface area contributed by atoms with Crippen LogP contribution in [0.2, 0.25) is 0 Å². The second-order valence-corrected chi connectivity index (χ2v) is 8.87. The fourth-order valence-electron chi connectivity index (χ4n) is 4.29. The number of ether oxygens (including phenoxy) is 2. The molecule has 30 heavy (non-hydrogen) atoms. The molecule has 0 amide bonds. The molecule has 5 rings (SSSR count). The largest absolute Gasteiger partial charge is 0.493 e. The summed E-state index contributed by atoms with van der Waals surface area (Å²) >= 11 is 0. The van der Waals surface area contributed by atoms with E-state index in [9.17, 15) is 0 Å². The number of pyridine rings is 2. The Labute approximate surface area is 177 Å². The zero-order chi connectivity index (χ0) is 20.7. The van der Waals surface area contributed by atoms with Gasteiger partial charge in [-0.05, 0) is 62.1 Å². The van der Waals surface area contributed by atoms with Crippen LogP contribution in [-0.2, 0) is 19.4 Å². The monoisotopic (exact) mass is 403 g/mol. The van der Waals surface area contributed by atoms with E-state index in [1.165, 1.54) is 29.8 Å². The summed E-state index contributed by atoms with van der Waals surface area (Å²) in [5.41, 5.74) is 6.87. The van der Waals surface area contributed by atoms with Gasteiger partial charge < -0.3 is 14.8 Å². The second kappa shape index (κ2) is 7.78. The highest BCUT2D eigenvalue weighted by Gasteiger charge is 2.27. The van der Waals surface area contributed by atoms with Crippen molar-refractivity contribution in [3.63, 3.8) is 0 Å². The Morgan fingerprint density at radius 1 is 1.13 bits per heavy atom. The molecule has 1 atom stereocenters. The zero-order valence-electron chi connectivity index (χ0n) is 18.0. The summed E-state index contributed by atoms with van der Waals surface area (Å²) in [4.78, 5) is 9.37. The van der Waals surface area contributed by atoms with Crippen molar-refractivity contribution >= 4 is 16.6 Å². The summed E-state index contributed by atoms with van der Waals surface area (Å²) in [5.74, 6) is 2.91. The lowest BCUT2D eigenvalue weighted by atomic mass is 10.0.